The lowest BCUT2D eigenvalue weighted by Gasteiger charge is -2.20. The van der Waals surface area contributed by atoms with Gasteiger partial charge in [-0.05, 0) is 56.1 Å². The fourth-order valence-corrected chi connectivity index (χ4v) is 3.27. The third-order valence-electron chi connectivity index (χ3n) is 3.93. The van der Waals surface area contributed by atoms with Crippen LogP contribution in [-0.4, -0.2) is 37.9 Å². The topological polar surface area (TPSA) is 85.1 Å². The number of nitrogens with zero attached hydrogens (tertiary/aromatic N) is 2. The second-order valence-corrected chi connectivity index (χ2v) is 7.72. The predicted octanol–water partition coefficient (Wildman–Crippen LogP) is 2.10. The van der Waals surface area contributed by atoms with E-state index in [1.54, 1.807) is 24.3 Å². The number of benzene rings is 1. The quantitative estimate of drug-likeness (QED) is 0.902. The van der Waals surface area contributed by atoms with Gasteiger partial charge in [-0.15, -0.1) is 12.4 Å². The number of piperidine rings is 1. The van der Waals surface area contributed by atoms with Gasteiger partial charge in [-0.3, -0.25) is 0 Å². The average molecular weight is 358 g/mol. The maximum atomic E-state index is 11.5. The zero-order valence-corrected chi connectivity index (χ0v) is 14.5. The van der Waals surface area contributed by atoms with Crippen LogP contribution in [0.15, 0.2) is 33.7 Å². The molecule has 0 spiro atoms. The second kappa shape index (κ2) is 7.42. The molecule has 23 heavy (non-hydrogen) atoms. The number of halogens is 1. The minimum atomic E-state index is -3.19. The lowest BCUT2D eigenvalue weighted by molar-refractivity contribution is 0.313. The van der Waals surface area contributed by atoms with Crippen LogP contribution in [-0.2, 0) is 16.3 Å². The van der Waals surface area contributed by atoms with E-state index in [1.807, 2.05) is 0 Å². The van der Waals surface area contributed by atoms with Crippen LogP contribution in [0, 0.1) is 5.92 Å². The Labute approximate surface area is 142 Å². The molecule has 1 N–H and O–H groups in total. The van der Waals surface area contributed by atoms with Crippen LogP contribution in [0.3, 0.4) is 0 Å². The highest BCUT2D eigenvalue weighted by Crippen LogP contribution is 2.21. The van der Waals surface area contributed by atoms with Gasteiger partial charge in [0.25, 0.3) is 0 Å². The van der Waals surface area contributed by atoms with E-state index in [9.17, 15) is 8.42 Å². The molecule has 0 amide bonds. The molecule has 0 aliphatic carbocycles. The summed E-state index contributed by atoms with van der Waals surface area (Å²) in [5, 5.41) is 7.33. The first-order valence-corrected chi connectivity index (χ1v) is 9.25. The molecular formula is C15H20ClN3O3S. The molecule has 1 aliphatic heterocycles. The van der Waals surface area contributed by atoms with Gasteiger partial charge in [0.15, 0.2) is 9.84 Å². The number of rotatable bonds is 4. The van der Waals surface area contributed by atoms with Gasteiger partial charge in [-0.2, -0.15) is 4.98 Å². The first kappa shape index (κ1) is 17.9. The van der Waals surface area contributed by atoms with Crippen LogP contribution in [0.5, 0.6) is 0 Å². The molecule has 8 heteroatoms. The van der Waals surface area contributed by atoms with Crippen molar-refractivity contribution < 1.29 is 12.9 Å². The maximum Gasteiger partial charge on any atom is 0.227 e. The Morgan fingerprint density at radius 1 is 1.22 bits per heavy atom. The Hall–Kier alpha value is -1.44. The molecule has 0 radical (unpaired) electrons. The number of hydrogen-bond donors (Lipinski definition) is 1. The van der Waals surface area contributed by atoms with Gasteiger partial charge in [0.2, 0.25) is 11.7 Å². The molecule has 0 bridgehead atoms. The van der Waals surface area contributed by atoms with E-state index in [0.29, 0.717) is 17.6 Å². The Bertz CT molecular complexity index is 738. The smallest absolute Gasteiger partial charge is 0.227 e. The highest BCUT2D eigenvalue weighted by molar-refractivity contribution is 7.90. The summed E-state index contributed by atoms with van der Waals surface area (Å²) < 4.78 is 28.2. The summed E-state index contributed by atoms with van der Waals surface area (Å²) in [7, 11) is -3.19. The molecule has 1 aliphatic rings. The summed E-state index contributed by atoms with van der Waals surface area (Å²) in [5.74, 6) is 1.74. The average Bonchev–Trinajstić information content (AvgIpc) is 2.96. The Morgan fingerprint density at radius 3 is 2.48 bits per heavy atom. The number of nitrogens with one attached hydrogen (secondary N) is 1. The van der Waals surface area contributed by atoms with Crippen molar-refractivity contribution in [2.75, 3.05) is 19.3 Å². The summed E-state index contributed by atoms with van der Waals surface area (Å²) in [6.07, 6.45) is 4.24. The molecule has 0 atom stereocenters. The van der Waals surface area contributed by atoms with Crippen molar-refractivity contribution in [2.45, 2.75) is 24.2 Å². The Morgan fingerprint density at radius 2 is 1.87 bits per heavy atom. The Kier molecular flexibility index (Phi) is 5.78. The number of aromatic nitrogens is 2. The molecule has 0 unspecified atom stereocenters. The van der Waals surface area contributed by atoms with Crippen molar-refractivity contribution >= 4 is 22.2 Å². The van der Waals surface area contributed by atoms with Gasteiger partial charge in [-0.1, -0.05) is 5.16 Å². The normalized spacial score (nSPS) is 16.0. The molecule has 126 valence electrons. The monoisotopic (exact) mass is 357 g/mol. The van der Waals surface area contributed by atoms with Crippen molar-refractivity contribution in [1.29, 1.82) is 0 Å². The molecule has 1 aromatic heterocycles. The van der Waals surface area contributed by atoms with Crippen LogP contribution in [0.2, 0.25) is 0 Å². The van der Waals surface area contributed by atoms with Gasteiger partial charge in [0, 0.05) is 18.2 Å². The van der Waals surface area contributed by atoms with Gasteiger partial charge in [0.1, 0.15) is 0 Å². The maximum absolute atomic E-state index is 11.5. The minimum Gasteiger partial charge on any atom is -0.339 e. The molecule has 1 fully saturated rings. The zero-order valence-electron chi connectivity index (χ0n) is 12.9. The van der Waals surface area contributed by atoms with E-state index in [0.717, 1.165) is 37.9 Å². The van der Waals surface area contributed by atoms with Crippen molar-refractivity contribution in [3.05, 3.63) is 30.2 Å². The van der Waals surface area contributed by atoms with E-state index in [1.165, 1.54) is 6.26 Å². The fraction of sp³-hybridized carbons (Fsp3) is 0.467. The van der Waals surface area contributed by atoms with E-state index in [4.69, 9.17) is 4.52 Å². The van der Waals surface area contributed by atoms with Crippen molar-refractivity contribution in [3.8, 4) is 11.4 Å². The molecule has 6 nitrogen and oxygen atoms in total. The van der Waals surface area contributed by atoms with Gasteiger partial charge in [0.05, 0.1) is 4.90 Å². The number of hydrogen-bond acceptors (Lipinski definition) is 6. The first-order chi connectivity index (χ1) is 10.5. The van der Waals surface area contributed by atoms with Crippen LogP contribution >= 0.6 is 12.4 Å². The standard InChI is InChI=1S/C15H19N3O3S.ClH/c1-22(19,20)13-4-2-12(3-5-13)15-17-14(21-18-15)10-11-6-8-16-9-7-11;/h2-5,11,16H,6-10H2,1H3;1H. The summed E-state index contributed by atoms with van der Waals surface area (Å²) >= 11 is 0. The van der Waals surface area contributed by atoms with Crippen molar-refractivity contribution in [3.63, 3.8) is 0 Å². The fourth-order valence-electron chi connectivity index (χ4n) is 2.64. The van der Waals surface area contributed by atoms with Crippen molar-refractivity contribution in [1.82, 2.24) is 15.5 Å². The third kappa shape index (κ3) is 4.53. The molecule has 1 saturated heterocycles. The summed E-state index contributed by atoms with van der Waals surface area (Å²) in [5.41, 5.74) is 0.757. The van der Waals surface area contributed by atoms with E-state index in [2.05, 4.69) is 15.5 Å². The highest BCUT2D eigenvalue weighted by atomic mass is 35.5. The first-order valence-electron chi connectivity index (χ1n) is 7.36. The molecule has 1 aromatic carbocycles. The second-order valence-electron chi connectivity index (χ2n) is 5.71. The van der Waals surface area contributed by atoms with Crippen LogP contribution < -0.4 is 5.32 Å². The lowest BCUT2D eigenvalue weighted by atomic mass is 9.95. The zero-order chi connectivity index (χ0) is 15.6. The SMILES string of the molecule is CS(=O)(=O)c1ccc(-c2noc(CC3CCNCC3)n2)cc1.Cl. The molecule has 0 saturated carbocycles. The largest absolute Gasteiger partial charge is 0.339 e. The van der Waals surface area contributed by atoms with Gasteiger partial charge < -0.3 is 9.84 Å². The number of sulfone groups is 1. The van der Waals surface area contributed by atoms with Crippen molar-refractivity contribution in [2.24, 2.45) is 5.92 Å². The molecule has 2 heterocycles. The van der Waals surface area contributed by atoms with E-state index >= 15 is 0 Å². The summed E-state index contributed by atoms with van der Waals surface area (Å²) in [6.45, 7) is 2.08. The van der Waals surface area contributed by atoms with Crippen LogP contribution in [0.25, 0.3) is 11.4 Å². The summed E-state index contributed by atoms with van der Waals surface area (Å²) in [6, 6.07) is 6.53. The Balaban J connectivity index is 0.00000192. The van der Waals surface area contributed by atoms with Crippen LogP contribution in [0.4, 0.5) is 0 Å². The molecule has 3 rings (SSSR count). The lowest BCUT2D eigenvalue weighted by Crippen LogP contribution is -2.28. The molecular weight excluding hydrogens is 338 g/mol. The van der Waals surface area contributed by atoms with E-state index in [-0.39, 0.29) is 17.3 Å². The molecule has 2 aromatic rings. The van der Waals surface area contributed by atoms with Crippen LogP contribution in [0.1, 0.15) is 18.7 Å². The third-order valence-corrected chi connectivity index (χ3v) is 5.06. The summed E-state index contributed by atoms with van der Waals surface area (Å²) in [4.78, 5) is 4.71. The predicted molar refractivity (Wildman–Crippen MR) is 89.4 cm³/mol. The van der Waals surface area contributed by atoms with Gasteiger partial charge >= 0.3 is 0 Å². The van der Waals surface area contributed by atoms with Gasteiger partial charge in [-0.25, -0.2) is 8.42 Å². The minimum absolute atomic E-state index is 0. The van der Waals surface area contributed by atoms with E-state index < -0.39 is 9.84 Å². The highest BCUT2D eigenvalue weighted by Gasteiger charge is 2.18.